The molecule has 6 heteroatoms. The van der Waals surface area contributed by atoms with Crippen molar-refractivity contribution in [3.63, 3.8) is 0 Å². The Labute approximate surface area is 273 Å². The molecule has 0 aliphatic rings. The Morgan fingerprint density at radius 1 is 0.404 bits per heavy atom. The molecule has 0 aromatic heterocycles. The van der Waals surface area contributed by atoms with E-state index in [1.54, 1.807) is 92.0 Å². The maximum Gasteiger partial charge on any atom is 0.193 e. The quantitative estimate of drug-likeness (QED) is 0.134. The van der Waals surface area contributed by atoms with Crippen LogP contribution in [0.4, 0.5) is 0 Å². The summed E-state index contributed by atoms with van der Waals surface area (Å²) in [6.45, 7) is 3.94. The summed E-state index contributed by atoms with van der Waals surface area (Å²) in [5, 5.41) is 0. The molecule has 47 heavy (non-hydrogen) atoms. The molecule has 0 N–H and O–H groups in total. The number of hydrogen-bond donors (Lipinski definition) is 0. The third-order valence-corrected chi connectivity index (χ3v) is 7.57. The Kier molecular flexibility index (Phi) is 9.11. The second kappa shape index (κ2) is 13.9. The van der Waals surface area contributed by atoms with Crippen molar-refractivity contribution < 1.29 is 28.5 Å². The van der Waals surface area contributed by atoms with E-state index in [0.29, 0.717) is 51.0 Å². The fourth-order valence-electron chi connectivity index (χ4n) is 4.90. The lowest BCUT2D eigenvalue weighted by molar-refractivity contribution is 0.103. The highest BCUT2D eigenvalue weighted by Crippen LogP contribution is 2.30. The molecule has 0 saturated heterocycles. The van der Waals surface area contributed by atoms with Crippen LogP contribution in [-0.2, 0) is 0 Å². The van der Waals surface area contributed by atoms with Crippen molar-refractivity contribution >= 4 is 11.6 Å². The lowest BCUT2D eigenvalue weighted by Crippen LogP contribution is -2.01. The summed E-state index contributed by atoms with van der Waals surface area (Å²) in [4.78, 5) is 25.8. The maximum absolute atomic E-state index is 13.1. The topological polar surface area (TPSA) is 71.1 Å². The highest BCUT2D eigenvalue weighted by molar-refractivity contribution is 6.09. The molecule has 0 spiro atoms. The molecule has 0 saturated carbocycles. The molecule has 0 atom stereocenters. The van der Waals surface area contributed by atoms with Gasteiger partial charge in [-0.2, -0.15) is 0 Å². The third kappa shape index (κ3) is 7.57. The smallest absolute Gasteiger partial charge is 0.193 e. The van der Waals surface area contributed by atoms with Crippen molar-refractivity contribution in [2.45, 2.75) is 13.8 Å². The summed E-state index contributed by atoms with van der Waals surface area (Å²) >= 11 is 0. The van der Waals surface area contributed by atoms with Crippen molar-refractivity contribution in [2.75, 3.05) is 7.11 Å². The van der Waals surface area contributed by atoms with Gasteiger partial charge >= 0.3 is 0 Å². The van der Waals surface area contributed by atoms with E-state index in [-0.39, 0.29) is 11.6 Å². The number of carbonyl (C=O) groups excluding carboxylic acids is 2. The Bertz CT molecular complexity index is 1990. The predicted octanol–water partition coefficient (Wildman–Crippen LogP) is 10.2. The molecule has 0 aliphatic heterocycles. The zero-order chi connectivity index (χ0) is 32.8. The van der Waals surface area contributed by atoms with E-state index in [9.17, 15) is 9.59 Å². The molecule has 6 rings (SSSR count). The molecular weight excluding hydrogens is 588 g/mol. The highest BCUT2D eigenvalue weighted by Gasteiger charge is 2.12. The fraction of sp³-hybridized carbons (Fsp3) is 0.0732. The van der Waals surface area contributed by atoms with Gasteiger partial charge in [0, 0.05) is 22.3 Å². The second-order valence-electron chi connectivity index (χ2n) is 11.0. The van der Waals surface area contributed by atoms with E-state index in [1.165, 1.54) is 0 Å². The minimum absolute atomic E-state index is 0.0315. The van der Waals surface area contributed by atoms with Gasteiger partial charge in [0.2, 0.25) is 0 Å². The van der Waals surface area contributed by atoms with E-state index in [0.717, 1.165) is 22.6 Å². The molecule has 0 bridgehead atoms. The van der Waals surface area contributed by atoms with Crippen LogP contribution in [0.15, 0.2) is 140 Å². The zero-order valence-corrected chi connectivity index (χ0v) is 26.2. The average Bonchev–Trinajstić information content (AvgIpc) is 3.11. The van der Waals surface area contributed by atoms with E-state index in [1.807, 2.05) is 68.4 Å². The molecular formula is C41H32O6. The van der Waals surface area contributed by atoms with Gasteiger partial charge in [-0.1, -0.05) is 29.8 Å². The maximum atomic E-state index is 13.1. The van der Waals surface area contributed by atoms with Gasteiger partial charge in [0.25, 0.3) is 0 Å². The van der Waals surface area contributed by atoms with E-state index in [4.69, 9.17) is 18.9 Å². The molecule has 232 valence electrons. The first-order chi connectivity index (χ1) is 22.8. The van der Waals surface area contributed by atoms with Gasteiger partial charge < -0.3 is 18.9 Å². The van der Waals surface area contributed by atoms with Gasteiger partial charge in [-0.05, 0) is 135 Å². The van der Waals surface area contributed by atoms with Crippen LogP contribution in [0.2, 0.25) is 0 Å². The number of benzene rings is 6. The standard InChI is InChI=1S/C41H32O6/c1-27-4-6-29(7-5-27)40(42)30-8-14-33(15-9-30)45-35-20-22-36(23-21-35)46-34-16-10-31(11-17-34)41(43)32-12-18-37(19-13-32)47-39-25-24-38(44-3)26-28(39)2/h4-26H,1-3H3. The minimum Gasteiger partial charge on any atom is -0.497 e. The summed E-state index contributed by atoms with van der Waals surface area (Å²) < 4.78 is 23.2. The van der Waals surface area contributed by atoms with E-state index >= 15 is 0 Å². The number of aryl methyl sites for hydroxylation is 2. The van der Waals surface area contributed by atoms with Crippen LogP contribution in [0, 0.1) is 13.8 Å². The first-order valence-corrected chi connectivity index (χ1v) is 15.1. The van der Waals surface area contributed by atoms with Gasteiger partial charge in [-0.15, -0.1) is 0 Å². The van der Waals surface area contributed by atoms with Crippen LogP contribution < -0.4 is 18.9 Å². The van der Waals surface area contributed by atoms with Crippen LogP contribution in [0.3, 0.4) is 0 Å². The van der Waals surface area contributed by atoms with Crippen LogP contribution in [0.1, 0.15) is 43.0 Å². The second-order valence-corrected chi connectivity index (χ2v) is 11.0. The third-order valence-electron chi connectivity index (χ3n) is 7.57. The molecule has 0 unspecified atom stereocenters. The molecule has 6 aromatic rings. The largest absolute Gasteiger partial charge is 0.497 e. The van der Waals surface area contributed by atoms with E-state index in [2.05, 4.69) is 0 Å². The summed E-state index contributed by atoms with van der Waals surface area (Å²) in [6.07, 6.45) is 0. The van der Waals surface area contributed by atoms with Crippen molar-refractivity contribution in [2.24, 2.45) is 0 Å². The van der Waals surface area contributed by atoms with Crippen LogP contribution in [0.25, 0.3) is 0 Å². The van der Waals surface area contributed by atoms with Crippen molar-refractivity contribution in [1.29, 1.82) is 0 Å². The van der Waals surface area contributed by atoms with Crippen LogP contribution in [0.5, 0.6) is 40.2 Å². The van der Waals surface area contributed by atoms with Crippen LogP contribution >= 0.6 is 0 Å². The zero-order valence-electron chi connectivity index (χ0n) is 26.2. The van der Waals surface area contributed by atoms with Gasteiger partial charge in [-0.25, -0.2) is 0 Å². The van der Waals surface area contributed by atoms with Crippen LogP contribution in [-0.4, -0.2) is 18.7 Å². The number of carbonyl (C=O) groups is 2. The molecule has 0 radical (unpaired) electrons. The number of rotatable bonds is 11. The van der Waals surface area contributed by atoms with Gasteiger partial charge in [-0.3, -0.25) is 9.59 Å². The molecule has 6 nitrogen and oxygen atoms in total. The lowest BCUT2D eigenvalue weighted by atomic mass is 10.0. The minimum atomic E-state index is -0.0993. The fourth-order valence-corrected chi connectivity index (χ4v) is 4.90. The molecule has 0 fully saturated rings. The van der Waals surface area contributed by atoms with Gasteiger partial charge in [0.05, 0.1) is 7.11 Å². The average molecular weight is 621 g/mol. The SMILES string of the molecule is COc1ccc(Oc2ccc(C(=O)c3ccc(Oc4ccc(Oc5ccc(C(=O)c6ccc(C)cc6)cc5)cc4)cc3)cc2)c(C)c1. The molecule has 0 heterocycles. The number of hydrogen-bond acceptors (Lipinski definition) is 6. The number of ether oxygens (including phenoxy) is 4. The molecule has 6 aromatic carbocycles. The number of ketones is 2. The normalized spacial score (nSPS) is 10.6. The van der Waals surface area contributed by atoms with Crippen molar-refractivity contribution in [3.8, 4) is 40.2 Å². The van der Waals surface area contributed by atoms with Crippen molar-refractivity contribution in [3.05, 3.63) is 173 Å². The summed E-state index contributed by atoms with van der Waals surface area (Å²) in [5.74, 6) is 4.47. The summed E-state index contributed by atoms with van der Waals surface area (Å²) in [6, 6.07) is 41.5. The highest BCUT2D eigenvalue weighted by atomic mass is 16.5. The predicted molar refractivity (Wildman–Crippen MR) is 182 cm³/mol. The number of methoxy groups -OCH3 is 1. The van der Waals surface area contributed by atoms with Gasteiger partial charge in [0.15, 0.2) is 11.6 Å². The monoisotopic (exact) mass is 620 g/mol. The Morgan fingerprint density at radius 3 is 1.09 bits per heavy atom. The summed E-state index contributed by atoms with van der Waals surface area (Å²) in [7, 11) is 1.63. The Morgan fingerprint density at radius 2 is 0.723 bits per heavy atom. The first kappa shape index (κ1) is 30.9. The van der Waals surface area contributed by atoms with Gasteiger partial charge in [0.1, 0.15) is 40.2 Å². The molecule has 0 amide bonds. The van der Waals surface area contributed by atoms with E-state index < -0.39 is 0 Å². The Balaban J connectivity index is 1.02. The first-order valence-electron chi connectivity index (χ1n) is 15.1. The van der Waals surface area contributed by atoms with Crippen molar-refractivity contribution in [1.82, 2.24) is 0 Å². The Hall–Kier alpha value is -6.14. The summed E-state index contributed by atoms with van der Waals surface area (Å²) in [5.41, 5.74) is 4.41. The lowest BCUT2D eigenvalue weighted by Gasteiger charge is -2.11. The molecule has 0 aliphatic carbocycles.